The molecule has 0 aliphatic rings. The quantitative estimate of drug-likeness (QED) is 0.795. The van der Waals surface area contributed by atoms with Gasteiger partial charge in [-0.3, -0.25) is 4.79 Å². The van der Waals surface area contributed by atoms with Gasteiger partial charge in [0.1, 0.15) is 12.4 Å². The zero-order valence-electron chi connectivity index (χ0n) is 16.0. The summed E-state index contributed by atoms with van der Waals surface area (Å²) >= 11 is 0. The first-order valence-corrected chi connectivity index (χ1v) is 8.82. The molecule has 3 nitrogen and oxygen atoms in total. The van der Waals surface area contributed by atoms with Gasteiger partial charge in [0.15, 0.2) is 0 Å². The van der Waals surface area contributed by atoms with E-state index in [9.17, 15) is 4.79 Å². The fourth-order valence-electron chi connectivity index (χ4n) is 2.72. The molecular formula is C22H29NO2. The minimum atomic E-state index is 0.0240. The van der Waals surface area contributed by atoms with Crippen molar-refractivity contribution in [1.82, 2.24) is 5.32 Å². The van der Waals surface area contributed by atoms with Gasteiger partial charge in [-0.2, -0.15) is 0 Å². The van der Waals surface area contributed by atoms with Gasteiger partial charge in [-0.05, 0) is 47.6 Å². The second-order valence-electron chi connectivity index (χ2n) is 7.54. The Kier molecular flexibility index (Phi) is 6.24. The summed E-state index contributed by atoms with van der Waals surface area (Å²) in [6.07, 6.45) is 0.402. The molecule has 0 atom stereocenters. The Hall–Kier alpha value is -2.29. The molecule has 0 heterocycles. The van der Waals surface area contributed by atoms with Gasteiger partial charge in [-0.25, -0.2) is 0 Å². The molecule has 0 saturated heterocycles. The van der Waals surface area contributed by atoms with E-state index in [0.29, 0.717) is 19.6 Å². The van der Waals surface area contributed by atoms with Gasteiger partial charge in [-0.1, -0.05) is 57.2 Å². The molecule has 134 valence electrons. The zero-order valence-corrected chi connectivity index (χ0v) is 16.0. The normalized spacial score (nSPS) is 11.2. The van der Waals surface area contributed by atoms with Crippen molar-refractivity contribution in [2.24, 2.45) is 0 Å². The lowest BCUT2D eigenvalue weighted by molar-refractivity contribution is -0.120. The van der Waals surface area contributed by atoms with Gasteiger partial charge < -0.3 is 10.1 Å². The van der Waals surface area contributed by atoms with E-state index < -0.39 is 0 Å². The highest BCUT2D eigenvalue weighted by atomic mass is 16.5. The fraction of sp³-hybridized carbons (Fsp3) is 0.409. The van der Waals surface area contributed by atoms with E-state index in [1.54, 1.807) is 0 Å². The third-order valence-corrected chi connectivity index (χ3v) is 4.31. The van der Waals surface area contributed by atoms with Crippen LogP contribution >= 0.6 is 0 Å². The van der Waals surface area contributed by atoms with Gasteiger partial charge in [0.2, 0.25) is 5.91 Å². The van der Waals surface area contributed by atoms with Crippen molar-refractivity contribution in [3.05, 3.63) is 64.7 Å². The highest BCUT2D eigenvalue weighted by Crippen LogP contribution is 2.30. The number of hydrogen-bond donors (Lipinski definition) is 1. The molecule has 25 heavy (non-hydrogen) atoms. The summed E-state index contributed by atoms with van der Waals surface area (Å²) in [6.45, 7) is 11.6. The second kappa shape index (κ2) is 8.19. The lowest BCUT2D eigenvalue weighted by Crippen LogP contribution is -2.29. The number of para-hydroxylation sites is 1. The van der Waals surface area contributed by atoms with Crippen LogP contribution in [0.1, 0.15) is 43.0 Å². The Morgan fingerprint density at radius 2 is 1.76 bits per heavy atom. The van der Waals surface area contributed by atoms with Gasteiger partial charge in [0, 0.05) is 0 Å². The number of ether oxygens (including phenoxy) is 1. The highest BCUT2D eigenvalue weighted by Gasteiger charge is 2.18. The first-order valence-electron chi connectivity index (χ1n) is 8.82. The monoisotopic (exact) mass is 339 g/mol. The van der Waals surface area contributed by atoms with Crippen LogP contribution in [0.2, 0.25) is 0 Å². The molecule has 3 heteroatoms. The Morgan fingerprint density at radius 3 is 2.44 bits per heavy atom. The van der Waals surface area contributed by atoms with Crippen LogP contribution in [-0.4, -0.2) is 19.1 Å². The van der Waals surface area contributed by atoms with Gasteiger partial charge in [-0.15, -0.1) is 0 Å². The average Bonchev–Trinajstić information content (AvgIpc) is 2.54. The topological polar surface area (TPSA) is 38.3 Å². The molecule has 2 rings (SSSR count). The van der Waals surface area contributed by atoms with E-state index in [4.69, 9.17) is 4.74 Å². The molecule has 0 radical (unpaired) electrons. The number of amides is 1. The third-order valence-electron chi connectivity index (χ3n) is 4.31. The van der Waals surface area contributed by atoms with Crippen molar-refractivity contribution in [2.45, 2.75) is 46.5 Å². The summed E-state index contributed by atoms with van der Waals surface area (Å²) in [5.74, 6) is 0.911. The summed E-state index contributed by atoms with van der Waals surface area (Å²) in [7, 11) is 0. The van der Waals surface area contributed by atoms with Crippen LogP contribution in [-0.2, 0) is 16.6 Å². The number of carbonyl (C=O) groups is 1. The Labute approximate surface area is 151 Å². The van der Waals surface area contributed by atoms with Gasteiger partial charge in [0.25, 0.3) is 0 Å². The first-order chi connectivity index (χ1) is 11.8. The SMILES string of the molecule is Cc1ccc(CC(=O)NCCOc2ccccc2C(C)(C)C)cc1C. The predicted octanol–water partition coefficient (Wildman–Crippen LogP) is 4.34. The lowest BCUT2D eigenvalue weighted by atomic mass is 9.86. The number of nitrogens with one attached hydrogen (secondary N) is 1. The summed E-state index contributed by atoms with van der Waals surface area (Å²) < 4.78 is 5.88. The molecule has 0 bridgehead atoms. The molecular weight excluding hydrogens is 310 g/mol. The molecule has 0 saturated carbocycles. The summed E-state index contributed by atoms with van der Waals surface area (Å²) in [5, 5.41) is 2.93. The second-order valence-corrected chi connectivity index (χ2v) is 7.54. The van der Waals surface area contributed by atoms with Crippen LogP contribution in [0.3, 0.4) is 0 Å². The van der Waals surface area contributed by atoms with E-state index in [0.717, 1.165) is 11.3 Å². The van der Waals surface area contributed by atoms with E-state index in [-0.39, 0.29) is 11.3 Å². The number of benzene rings is 2. The van der Waals surface area contributed by atoms with Gasteiger partial charge in [0.05, 0.1) is 13.0 Å². The van der Waals surface area contributed by atoms with E-state index in [1.807, 2.05) is 24.3 Å². The molecule has 2 aromatic carbocycles. The van der Waals surface area contributed by atoms with E-state index in [1.165, 1.54) is 16.7 Å². The van der Waals surface area contributed by atoms with Crippen molar-refractivity contribution in [3.8, 4) is 5.75 Å². The van der Waals surface area contributed by atoms with Gasteiger partial charge >= 0.3 is 0 Å². The standard InChI is InChI=1S/C22H29NO2/c1-16-10-11-18(14-17(16)2)15-21(24)23-12-13-25-20-9-7-6-8-19(20)22(3,4)5/h6-11,14H,12-13,15H2,1-5H3,(H,23,24). The Balaban J connectivity index is 1.81. The molecule has 2 aromatic rings. The number of hydrogen-bond acceptors (Lipinski definition) is 2. The van der Waals surface area contributed by atoms with Crippen LogP contribution < -0.4 is 10.1 Å². The fourth-order valence-corrected chi connectivity index (χ4v) is 2.72. The highest BCUT2D eigenvalue weighted by molar-refractivity contribution is 5.78. The van der Waals surface area contributed by atoms with Crippen LogP contribution in [0, 0.1) is 13.8 Å². The molecule has 0 aliphatic carbocycles. The van der Waals surface area contributed by atoms with Crippen molar-refractivity contribution >= 4 is 5.91 Å². The Bertz CT molecular complexity index is 729. The lowest BCUT2D eigenvalue weighted by Gasteiger charge is -2.22. The van der Waals surface area contributed by atoms with Crippen LogP contribution in [0.5, 0.6) is 5.75 Å². The molecule has 0 fully saturated rings. The van der Waals surface area contributed by atoms with Crippen molar-refractivity contribution in [1.29, 1.82) is 0 Å². The molecule has 1 amide bonds. The van der Waals surface area contributed by atoms with Crippen LogP contribution in [0.15, 0.2) is 42.5 Å². The number of carbonyl (C=O) groups excluding carboxylic acids is 1. The first kappa shape index (κ1) is 19.0. The largest absolute Gasteiger partial charge is 0.491 e. The van der Waals surface area contributed by atoms with E-state index >= 15 is 0 Å². The smallest absolute Gasteiger partial charge is 0.224 e. The predicted molar refractivity (Wildman–Crippen MR) is 103 cm³/mol. The zero-order chi connectivity index (χ0) is 18.4. The molecule has 0 aliphatic heterocycles. The van der Waals surface area contributed by atoms with Crippen LogP contribution in [0.4, 0.5) is 0 Å². The number of rotatable bonds is 6. The summed E-state index contributed by atoms with van der Waals surface area (Å²) in [6, 6.07) is 14.2. The molecule has 0 unspecified atom stereocenters. The maximum atomic E-state index is 12.1. The molecule has 0 spiro atoms. The van der Waals surface area contributed by atoms with Crippen LogP contribution in [0.25, 0.3) is 0 Å². The maximum Gasteiger partial charge on any atom is 0.224 e. The average molecular weight is 339 g/mol. The maximum absolute atomic E-state index is 12.1. The van der Waals surface area contributed by atoms with Crippen molar-refractivity contribution in [2.75, 3.05) is 13.2 Å². The Morgan fingerprint density at radius 1 is 1.04 bits per heavy atom. The minimum absolute atomic E-state index is 0.0240. The third kappa shape index (κ3) is 5.63. The van der Waals surface area contributed by atoms with Crippen molar-refractivity contribution < 1.29 is 9.53 Å². The molecule has 1 N–H and O–H groups in total. The van der Waals surface area contributed by atoms with Crippen molar-refractivity contribution in [3.63, 3.8) is 0 Å². The number of aryl methyl sites for hydroxylation is 2. The molecule has 0 aromatic heterocycles. The minimum Gasteiger partial charge on any atom is -0.491 e. The summed E-state index contributed by atoms with van der Waals surface area (Å²) in [5.41, 5.74) is 4.71. The van der Waals surface area contributed by atoms with E-state index in [2.05, 4.69) is 58.1 Å². The summed E-state index contributed by atoms with van der Waals surface area (Å²) in [4.78, 5) is 12.1.